The van der Waals surface area contributed by atoms with E-state index < -0.39 is 5.82 Å². The van der Waals surface area contributed by atoms with Gasteiger partial charge in [0.2, 0.25) is 0 Å². The fourth-order valence-corrected chi connectivity index (χ4v) is 2.32. The summed E-state index contributed by atoms with van der Waals surface area (Å²) in [5.74, 6) is -0.213. The second-order valence-electron chi connectivity index (χ2n) is 3.82. The molecule has 2 aromatic carbocycles. The van der Waals surface area contributed by atoms with Crippen LogP contribution in [0.2, 0.25) is 15.1 Å². The van der Waals surface area contributed by atoms with Crippen LogP contribution in [0.15, 0.2) is 30.3 Å². The molecule has 0 aromatic heterocycles. The van der Waals surface area contributed by atoms with Gasteiger partial charge in [-0.15, -0.1) is 0 Å². The van der Waals surface area contributed by atoms with E-state index in [2.05, 4.69) is 0 Å². The highest BCUT2D eigenvalue weighted by atomic mass is 35.5. The quantitative estimate of drug-likeness (QED) is 0.812. The standard InChI is InChI=1S/C13H9Cl3FNO/c14-9-4-8(18)5-10(15)13(9)19-6-7-2-1-3-11(17)12(7)16/h1-5H,6,18H2. The molecule has 0 aliphatic heterocycles. The molecule has 2 nitrogen and oxygen atoms in total. The van der Waals surface area contributed by atoms with Gasteiger partial charge in [0, 0.05) is 11.3 Å². The molecule has 0 amide bonds. The first-order chi connectivity index (χ1) is 8.99. The third-order valence-electron chi connectivity index (χ3n) is 2.42. The highest BCUT2D eigenvalue weighted by molar-refractivity contribution is 6.37. The fourth-order valence-electron chi connectivity index (χ4n) is 1.53. The van der Waals surface area contributed by atoms with Gasteiger partial charge >= 0.3 is 0 Å². The van der Waals surface area contributed by atoms with Crippen molar-refractivity contribution in [3.63, 3.8) is 0 Å². The van der Waals surface area contributed by atoms with Gasteiger partial charge in [0.1, 0.15) is 12.4 Å². The molecule has 0 bridgehead atoms. The predicted molar refractivity (Wildman–Crippen MR) is 76.6 cm³/mol. The van der Waals surface area contributed by atoms with E-state index >= 15 is 0 Å². The molecule has 0 unspecified atom stereocenters. The Morgan fingerprint density at radius 2 is 1.74 bits per heavy atom. The lowest BCUT2D eigenvalue weighted by Gasteiger charge is -2.11. The van der Waals surface area contributed by atoms with E-state index in [1.807, 2.05) is 0 Å². The maximum atomic E-state index is 13.3. The third-order valence-corrected chi connectivity index (χ3v) is 3.41. The molecule has 0 fully saturated rings. The largest absolute Gasteiger partial charge is 0.486 e. The Bertz CT molecular complexity index is 596. The van der Waals surface area contributed by atoms with Gasteiger partial charge in [-0.3, -0.25) is 0 Å². The van der Waals surface area contributed by atoms with Gasteiger partial charge in [0.15, 0.2) is 5.75 Å². The summed E-state index contributed by atoms with van der Waals surface area (Å²) in [4.78, 5) is 0. The summed E-state index contributed by atoms with van der Waals surface area (Å²) in [5, 5.41) is 0.597. The zero-order valence-electron chi connectivity index (χ0n) is 9.59. The van der Waals surface area contributed by atoms with Crippen LogP contribution in [-0.2, 0) is 6.61 Å². The molecule has 19 heavy (non-hydrogen) atoms. The monoisotopic (exact) mass is 319 g/mol. The highest BCUT2D eigenvalue weighted by Crippen LogP contribution is 2.36. The molecule has 0 atom stereocenters. The van der Waals surface area contributed by atoms with Crippen LogP contribution >= 0.6 is 34.8 Å². The summed E-state index contributed by atoms with van der Waals surface area (Å²) in [6, 6.07) is 7.53. The lowest BCUT2D eigenvalue weighted by Crippen LogP contribution is -1.99. The Balaban J connectivity index is 2.22. The summed E-state index contributed by atoms with van der Waals surface area (Å²) in [6.07, 6.45) is 0. The maximum Gasteiger partial charge on any atom is 0.157 e. The molecule has 2 N–H and O–H groups in total. The fraction of sp³-hybridized carbons (Fsp3) is 0.0769. The molecule has 100 valence electrons. The molecule has 0 spiro atoms. The molecule has 0 heterocycles. The molecule has 0 saturated carbocycles. The van der Waals surface area contributed by atoms with Crippen LogP contribution in [0.1, 0.15) is 5.56 Å². The number of rotatable bonds is 3. The van der Waals surface area contributed by atoms with Gasteiger partial charge in [0.25, 0.3) is 0 Å². The maximum absolute atomic E-state index is 13.3. The van der Waals surface area contributed by atoms with Crippen molar-refractivity contribution >= 4 is 40.5 Å². The first-order valence-corrected chi connectivity index (χ1v) is 6.42. The van der Waals surface area contributed by atoms with Crippen LogP contribution in [0.3, 0.4) is 0 Å². The van der Waals surface area contributed by atoms with Crippen LogP contribution in [-0.4, -0.2) is 0 Å². The van der Waals surface area contributed by atoms with Crippen molar-refractivity contribution in [2.24, 2.45) is 0 Å². The summed E-state index contributed by atoms with van der Waals surface area (Å²) in [6.45, 7) is 0.0555. The Morgan fingerprint density at radius 1 is 1.11 bits per heavy atom. The van der Waals surface area contributed by atoms with Crippen LogP contribution in [0, 0.1) is 5.82 Å². The van der Waals surface area contributed by atoms with E-state index in [1.165, 1.54) is 18.2 Å². The summed E-state index contributed by atoms with van der Waals surface area (Å²) >= 11 is 17.8. The van der Waals surface area contributed by atoms with E-state index in [1.54, 1.807) is 12.1 Å². The van der Waals surface area contributed by atoms with Crippen molar-refractivity contribution in [2.75, 3.05) is 5.73 Å². The molecule has 0 radical (unpaired) electrons. The van der Waals surface area contributed by atoms with Crippen molar-refractivity contribution in [2.45, 2.75) is 6.61 Å². The first kappa shape index (κ1) is 14.3. The van der Waals surface area contributed by atoms with Gasteiger partial charge < -0.3 is 10.5 Å². The van der Waals surface area contributed by atoms with Crippen LogP contribution in [0.25, 0.3) is 0 Å². The number of halogens is 4. The number of benzene rings is 2. The summed E-state index contributed by atoms with van der Waals surface area (Å²) in [7, 11) is 0. The average molecular weight is 321 g/mol. The number of hydrogen-bond acceptors (Lipinski definition) is 2. The minimum atomic E-state index is -0.503. The summed E-state index contributed by atoms with van der Waals surface area (Å²) < 4.78 is 18.7. The molecule has 2 aromatic rings. The van der Waals surface area contributed by atoms with Gasteiger partial charge in [0.05, 0.1) is 15.1 Å². The van der Waals surface area contributed by atoms with Crippen molar-refractivity contribution in [1.29, 1.82) is 0 Å². The van der Waals surface area contributed by atoms with Crippen molar-refractivity contribution in [3.8, 4) is 5.75 Å². The van der Waals surface area contributed by atoms with E-state index in [-0.39, 0.29) is 27.4 Å². The highest BCUT2D eigenvalue weighted by Gasteiger charge is 2.11. The number of nitrogen functional groups attached to an aromatic ring is 1. The summed E-state index contributed by atoms with van der Waals surface area (Å²) in [5.41, 5.74) is 6.53. The predicted octanol–water partition coefficient (Wildman–Crippen LogP) is 4.95. The molecule has 2 rings (SSSR count). The van der Waals surface area contributed by atoms with Gasteiger partial charge in [-0.25, -0.2) is 4.39 Å². The van der Waals surface area contributed by atoms with E-state index in [0.717, 1.165) is 0 Å². The van der Waals surface area contributed by atoms with E-state index in [0.29, 0.717) is 11.3 Å². The zero-order valence-corrected chi connectivity index (χ0v) is 11.9. The lowest BCUT2D eigenvalue weighted by atomic mass is 10.2. The SMILES string of the molecule is Nc1cc(Cl)c(OCc2cccc(F)c2Cl)c(Cl)c1. The molecular formula is C13H9Cl3FNO. The number of ether oxygens (including phenoxy) is 1. The number of anilines is 1. The first-order valence-electron chi connectivity index (χ1n) is 5.29. The van der Waals surface area contributed by atoms with Gasteiger partial charge in [-0.1, -0.05) is 46.9 Å². The minimum absolute atomic E-state index is 0.0187. The van der Waals surface area contributed by atoms with E-state index in [4.69, 9.17) is 45.3 Å². The Labute approximate surface area is 124 Å². The Kier molecular flexibility index (Phi) is 4.40. The van der Waals surface area contributed by atoms with Crippen molar-refractivity contribution < 1.29 is 9.13 Å². The molecular weight excluding hydrogens is 312 g/mol. The molecule has 0 saturated heterocycles. The van der Waals surface area contributed by atoms with Gasteiger partial charge in [-0.05, 0) is 18.2 Å². The molecule has 0 aliphatic rings. The topological polar surface area (TPSA) is 35.2 Å². The number of hydrogen-bond donors (Lipinski definition) is 1. The molecule has 6 heteroatoms. The molecule has 0 aliphatic carbocycles. The smallest absolute Gasteiger partial charge is 0.157 e. The van der Waals surface area contributed by atoms with Crippen LogP contribution < -0.4 is 10.5 Å². The zero-order chi connectivity index (χ0) is 14.0. The second-order valence-corrected chi connectivity index (χ2v) is 5.01. The van der Waals surface area contributed by atoms with Gasteiger partial charge in [-0.2, -0.15) is 0 Å². The Hall–Kier alpha value is -1.16. The lowest BCUT2D eigenvalue weighted by molar-refractivity contribution is 0.306. The van der Waals surface area contributed by atoms with Crippen LogP contribution in [0.4, 0.5) is 10.1 Å². The minimum Gasteiger partial charge on any atom is -0.486 e. The van der Waals surface area contributed by atoms with E-state index in [9.17, 15) is 4.39 Å². The van der Waals surface area contributed by atoms with Crippen molar-refractivity contribution in [1.82, 2.24) is 0 Å². The van der Waals surface area contributed by atoms with Crippen molar-refractivity contribution in [3.05, 3.63) is 56.8 Å². The Morgan fingerprint density at radius 3 is 2.37 bits per heavy atom. The average Bonchev–Trinajstić information content (AvgIpc) is 2.33. The van der Waals surface area contributed by atoms with Crippen LogP contribution in [0.5, 0.6) is 5.75 Å². The third kappa shape index (κ3) is 3.24. The number of nitrogens with two attached hydrogens (primary N) is 1. The normalized spacial score (nSPS) is 10.5. The second kappa shape index (κ2) is 5.87.